The summed E-state index contributed by atoms with van der Waals surface area (Å²) in [7, 11) is 0. The molecule has 0 fully saturated rings. The second-order valence-electron chi connectivity index (χ2n) is 3.30. The van der Waals surface area contributed by atoms with Crippen LogP contribution in [0.4, 0.5) is 4.39 Å². The average Bonchev–Trinajstić information content (AvgIpc) is 2.33. The maximum absolute atomic E-state index is 13.3. The van der Waals surface area contributed by atoms with Gasteiger partial charge in [0.2, 0.25) is 0 Å². The molecule has 1 aromatic carbocycles. The second-order valence-corrected chi connectivity index (χ2v) is 3.30. The van der Waals surface area contributed by atoms with Gasteiger partial charge < -0.3 is 15.2 Å². The Bertz CT molecular complexity index is 473. The van der Waals surface area contributed by atoms with E-state index in [0.29, 0.717) is 0 Å². The molecule has 0 heterocycles. The molecule has 0 unspecified atom stereocenters. The lowest BCUT2D eigenvalue weighted by Gasteiger charge is -2.09. The maximum atomic E-state index is 13.3. The van der Waals surface area contributed by atoms with Gasteiger partial charge in [0.25, 0.3) is 5.91 Å². The summed E-state index contributed by atoms with van der Waals surface area (Å²) in [5, 5.41) is 11.3. The minimum atomic E-state index is -1.45. The maximum Gasteiger partial charge on any atom is 0.342 e. The molecular weight excluding hydrogens is 241 g/mol. The smallest absolute Gasteiger partial charge is 0.342 e. The number of benzene rings is 1. The summed E-state index contributed by atoms with van der Waals surface area (Å²) in [4.78, 5) is 22.0. The summed E-state index contributed by atoms with van der Waals surface area (Å²) in [6.45, 7) is 3.30. The number of hydrogen-bond donors (Lipinski definition) is 2. The van der Waals surface area contributed by atoms with Crippen LogP contribution < -0.4 is 10.1 Å². The van der Waals surface area contributed by atoms with Gasteiger partial charge in [-0.15, -0.1) is 6.58 Å². The molecule has 1 aromatic rings. The highest BCUT2D eigenvalue weighted by atomic mass is 19.1. The lowest BCUT2D eigenvalue weighted by Crippen LogP contribution is -2.29. The second kappa shape index (κ2) is 6.39. The van der Waals surface area contributed by atoms with Crippen molar-refractivity contribution in [2.45, 2.75) is 0 Å². The van der Waals surface area contributed by atoms with Crippen molar-refractivity contribution in [1.82, 2.24) is 5.32 Å². The monoisotopic (exact) mass is 253 g/mol. The summed E-state index contributed by atoms with van der Waals surface area (Å²) in [5.74, 6) is -2.99. The minimum absolute atomic E-state index is 0.184. The Morgan fingerprint density at radius 2 is 2.22 bits per heavy atom. The van der Waals surface area contributed by atoms with Gasteiger partial charge in [0.05, 0.1) is 0 Å². The van der Waals surface area contributed by atoms with Crippen molar-refractivity contribution in [2.75, 3.05) is 13.2 Å². The zero-order chi connectivity index (χ0) is 13.5. The molecule has 1 amide bonds. The molecule has 6 heteroatoms. The third kappa shape index (κ3) is 3.58. The van der Waals surface area contributed by atoms with Crippen LogP contribution in [0.3, 0.4) is 0 Å². The van der Waals surface area contributed by atoms with Crippen LogP contribution in [0.2, 0.25) is 0 Å². The topological polar surface area (TPSA) is 75.6 Å². The van der Waals surface area contributed by atoms with Crippen molar-refractivity contribution in [2.24, 2.45) is 0 Å². The summed E-state index contributed by atoms with van der Waals surface area (Å²) >= 11 is 0. The normalized spacial score (nSPS) is 9.61. The van der Waals surface area contributed by atoms with Gasteiger partial charge in [0.1, 0.15) is 17.1 Å². The molecule has 0 saturated heterocycles. The molecule has 0 aliphatic rings. The lowest BCUT2D eigenvalue weighted by molar-refractivity contribution is -0.122. The first-order valence-corrected chi connectivity index (χ1v) is 5.08. The van der Waals surface area contributed by atoms with Crippen molar-refractivity contribution >= 4 is 11.9 Å². The fourth-order valence-corrected chi connectivity index (χ4v) is 1.21. The first-order valence-electron chi connectivity index (χ1n) is 5.08. The summed E-state index contributed by atoms with van der Waals surface area (Å²) in [6.07, 6.45) is 1.49. The van der Waals surface area contributed by atoms with Gasteiger partial charge in [0.15, 0.2) is 6.61 Å². The van der Waals surface area contributed by atoms with Gasteiger partial charge in [-0.1, -0.05) is 12.1 Å². The quantitative estimate of drug-likeness (QED) is 0.747. The van der Waals surface area contributed by atoms with Gasteiger partial charge in [-0.25, -0.2) is 9.18 Å². The summed E-state index contributed by atoms with van der Waals surface area (Å²) in [6, 6.07) is 3.60. The number of halogens is 1. The third-order valence-corrected chi connectivity index (χ3v) is 1.99. The zero-order valence-electron chi connectivity index (χ0n) is 9.48. The Kier molecular flexibility index (Phi) is 4.86. The molecule has 0 aliphatic heterocycles. The number of carbonyl (C=O) groups is 2. The fourth-order valence-electron chi connectivity index (χ4n) is 1.21. The molecular formula is C12H12FNO4. The molecule has 18 heavy (non-hydrogen) atoms. The Balaban J connectivity index is 2.73. The molecule has 5 nitrogen and oxygen atoms in total. The molecule has 0 spiro atoms. The van der Waals surface area contributed by atoms with Crippen LogP contribution in [-0.4, -0.2) is 30.1 Å². The van der Waals surface area contributed by atoms with Gasteiger partial charge in [0, 0.05) is 6.54 Å². The van der Waals surface area contributed by atoms with Crippen LogP contribution >= 0.6 is 0 Å². The van der Waals surface area contributed by atoms with Crippen LogP contribution in [0.15, 0.2) is 30.9 Å². The van der Waals surface area contributed by atoms with E-state index in [1.165, 1.54) is 18.2 Å². The molecule has 96 valence electrons. The summed E-state index contributed by atoms with van der Waals surface area (Å²) in [5.41, 5.74) is -0.589. The average molecular weight is 253 g/mol. The van der Waals surface area contributed by atoms with Gasteiger partial charge in [-0.2, -0.15) is 0 Å². The van der Waals surface area contributed by atoms with E-state index in [-0.39, 0.29) is 12.3 Å². The van der Waals surface area contributed by atoms with E-state index in [4.69, 9.17) is 9.84 Å². The SMILES string of the molecule is C=CCNC(=O)COc1cccc(F)c1C(=O)O. The number of carboxylic acids is 1. The lowest BCUT2D eigenvalue weighted by atomic mass is 10.2. The highest BCUT2D eigenvalue weighted by Crippen LogP contribution is 2.21. The molecule has 0 aromatic heterocycles. The van der Waals surface area contributed by atoms with Crippen molar-refractivity contribution in [3.05, 3.63) is 42.2 Å². The molecule has 2 N–H and O–H groups in total. The summed E-state index contributed by atoms with van der Waals surface area (Å²) < 4.78 is 18.2. The van der Waals surface area contributed by atoms with Crippen molar-refractivity contribution in [1.29, 1.82) is 0 Å². The zero-order valence-corrected chi connectivity index (χ0v) is 9.48. The Hall–Kier alpha value is -2.37. The molecule has 0 radical (unpaired) electrons. The van der Waals surface area contributed by atoms with E-state index in [1.807, 2.05) is 0 Å². The number of nitrogens with one attached hydrogen (secondary N) is 1. The molecule has 0 atom stereocenters. The molecule has 1 rings (SSSR count). The third-order valence-electron chi connectivity index (χ3n) is 1.99. The number of rotatable bonds is 6. The fraction of sp³-hybridized carbons (Fsp3) is 0.167. The molecule has 0 aliphatic carbocycles. The van der Waals surface area contributed by atoms with Gasteiger partial charge >= 0.3 is 5.97 Å². The number of carbonyl (C=O) groups excluding carboxylic acids is 1. The van der Waals surface area contributed by atoms with Crippen LogP contribution in [-0.2, 0) is 4.79 Å². The number of aromatic carboxylic acids is 1. The Morgan fingerprint density at radius 1 is 1.50 bits per heavy atom. The standard InChI is InChI=1S/C12H12FNO4/c1-2-6-14-10(15)7-18-9-5-3-4-8(13)11(9)12(16)17/h2-5H,1,6-7H2,(H,14,15)(H,16,17). The number of ether oxygens (including phenoxy) is 1. The Morgan fingerprint density at radius 3 is 2.83 bits per heavy atom. The highest BCUT2D eigenvalue weighted by Gasteiger charge is 2.17. The minimum Gasteiger partial charge on any atom is -0.483 e. The van der Waals surface area contributed by atoms with E-state index >= 15 is 0 Å². The van der Waals surface area contributed by atoms with E-state index in [0.717, 1.165) is 6.07 Å². The predicted molar refractivity (Wildman–Crippen MR) is 62.1 cm³/mol. The van der Waals surface area contributed by atoms with Crippen LogP contribution in [0.5, 0.6) is 5.75 Å². The largest absolute Gasteiger partial charge is 0.483 e. The highest BCUT2D eigenvalue weighted by molar-refractivity contribution is 5.91. The van der Waals surface area contributed by atoms with Crippen molar-refractivity contribution in [3.8, 4) is 5.75 Å². The number of carboxylic acid groups (broad SMARTS) is 1. The van der Waals surface area contributed by atoms with Crippen molar-refractivity contribution < 1.29 is 23.8 Å². The molecule has 0 bridgehead atoms. The van der Waals surface area contributed by atoms with E-state index in [1.54, 1.807) is 0 Å². The predicted octanol–water partition coefficient (Wildman–Crippen LogP) is 1.20. The van der Waals surface area contributed by atoms with Crippen LogP contribution in [0.25, 0.3) is 0 Å². The van der Waals surface area contributed by atoms with Crippen LogP contribution in [0, 0.1) is 5.82 Å². The van der Waals surface area contributed by atoms with Gasteiger partial charge in [-0.3, -0.25) is 4.79 Å². The number of hydrogen-bond acceptors (Lipinski definition) is 3. The van der Waals surface area contributed by atoms with Crippen molar-refractivity contribution in [3.63, 3.8) is 0 Å². The molecule has 0 saturated carbocycles. The van der Waals surface area contributed by atoms with E-state index in [9.17, 15) is 14.0 Å². The first-order chi connectivity index (χ1) is 8.56. The van der Waals surface area contributed by atoms with Gasteiger partial charge in [-0.05, 0) is 12.1 Å². The Labute approximate surface area is 103 Å². The van der Waals surface area contributed by atoms with E-state index < -0.39 is 29.9 Å². The van der Waals surface area contributed by atoms with E-state index in [2.05, 4.69) is 11.9 Å². The van der Waals surface area contributed by atoms with Crippen LogP contribution in [0.1, 0.15) is 10.4 Å². The first kappa shape index (κ1) is 13.7. The number of amides is 1.